The van der Waals surface area contributed by atoms with Crippen LogP contribution in [0.2, 0.25) is 0 Å². The molecule has 3 rings (SSSR count). The van der Waals surface area contributed by atoms with Crippen molar-refractivity contribution in [1.82, 2.24) is 15.1 Å². The minimum Gasteiger partial charge on any atom is -0.331 e. The van der Waals surface area contributed by atoms with Crippen molar-refractivity contribution < 1.29 is 9.18 Å². The summed E-state index contributed by atoms with van der Waals surface area (Å²) >= 11 is 0. The average molecular weight is 352 g/mol. The number of carbonyl (C=O) groups excluding carboxylic acids is 1. The van der Waals surface area contributed by atoms with Gasteiger partial charge >= 0.3 is 6.03 Å². The average Bonchev–Trinajstić information content (AvgIpc) is 2.99. The van der Waals surface area contributed by atoms with Crippen LogP contribution in [0, 0.1) is 19.7 Å². The number of benzene rings is 2. The predicted molar refractivity (Wildman–Crippen MR) is 100 cm³/mol. The lowest BCUT2D eigenvalue weighted by Crippen LogP contribution is -2.31. The number of hydrogen-bond acceptors (Lipinski definition) is 2. The molecule has 6 heteroatoms. The Morgan fingerprint density at radius 1 is 1.12 bits per heavy atom. The standard InChI is InChI=1S/C20H21FN4O/c1-13-8-4-7-11-19(13)25-15(3)16(12-22-25)14(2)23-20(26)24-18-10-6-5-9-17(18)21/h4-12,14H,1-3H3,(H2,23,24,26)/t14-/m0/s1. The lowest BCUT2D eigenvalue weighted by atomic mass is 10.1. The second-order valence-corrected chi connectivity index (χ2v) is 6.18. The summed E-state index contributed by atoms with van der Waals surface area (Å²) in [5, 5.41) is 9.81. The summed E-state index contributed by atoms with van der Waals surface area (Å²) in [7, 11) is 0. The minimum atomic E-state index is -0.473. The van der Waals surface area contributed by atoms with Gasteiger partial charge in [0.1, 0.15) is 5.82 Å². The van der Waals surface area contributed by atoms with Crippen molar-refractivity contribution in [2.24, 2.45) is 0 Å². The van der Waals surface area contributed by atoms with E-state index in [-0.39, 0.29) is 11.7 Å². The third-order valence-electron chi connectivity index (χ3n) is 4.33. The van der Waals surface area contributed by atoms with Gasteiger partial charge in [-0.1, -0.05) is 30.3 Å². The van der Waals surface area contributed by atoms with E-state index in [4.69, 9.17) is 0 Å². The summed E-state index contributed by atoms with van der Waals surface area (Å²) in [6.45, 7) is 5.86. The van der Waals surface area contributed by atoms with Gasteiger partial charge in [0.05, 0.1) is 23.6 Å². The van der Waals surface area contributed by atoms with Gasteiger partial charge in [0.25, 0.3) is 0 Å². The van der Waals surface area contributed by atoms with Crippen LogP contribution in [0.3, 0.4) is 0 Å². The predicted octanol–water partition coefficient (Wildman–Crippen LogP) is 4.51. The largest absolute Gasteiger partial charge is 0.331 e. The molecule has 0 bridgehead atoms. The van der Waals surface area contributed by atoms with Gasteiger partial charge in [0.15, 0.2) is 0 Å². The Morgan fingerprint density at radius 2 is 1.81 bits per heavy atom. The third kappa shape index (κ3) is 3.59. The first-order valence-corrected chi connectivity index (χ1v) is 8.40. The molecule has 0 fully saturated rings. The fourth-order valence-electron chi connectivity index (χ4n) is 2.89. The van der Waals surface area contributed by atoms with E-state index in [2.05, 4.69) is 15.7 Å². The van der Waals surface area contributed by atoms with E-state index in [0.717, 1.165) is 22.5 Å². The molecule has 26 heavy (non-hydrogen) atoms. The Morgan fingerprint density at radius 3 is 2.54 bits per heavy atom. The van der Waals surface area contributed by atoms with Gasteiger partial charge in [0, 0.05) is 11.3 Å². The van der Waals surface area contributed by atoms with Gasteiger partial charge in [-0.3, -0.25) is 0 Å². The fourth-order valence-corrected chi connectivity index (χ4v) is 2.89. The molecular formula is C20H21FN4O. The molecule has 0 aliphatic rings. The zero-order valence-electron chi connectivity index (χ0n) is 15.0. The van der Waals surface area contributed by atoms with E-state index >= 15 is 0 Å². The van der Waals surface area contributed by atoms with Crippen molar-refractivity contribution >= 4 is 11.7 Å². The highest BCUT2D eigenvalue weighted by atomic mass is 19.1. The molecule has 1 aromatic heterocycles. The molecule has 1 atom stereocenters. The Bertz CT molecular complexity index is 935. The maximum Gasteiger partial charge on any atom is 0.319 e. The summed E-state index contributed by atoms with van der Waals surface area (Å²) < 4.78 is 15.5. The lowest BCUT2D eigenvalue weighted by Gasteiger charge is -2.15. The first kappa shape index (κ1) is 17.7. The molecule has 0 spiro atoms. The molecule has 0 aliphatic carbocycles. The number of amides is 2. The van der Waals surface area contributed by atoms with Gasteiger partial charge < -0.3 is 10.6 Å². The minimum absolute atomic E-state index is 0.143. The topological polar surface area (TPSA) is 59.0 Å². The van der Waals surface area contributed by atoms with E-state index in [0.29, 0.717) is 0 Å². The van der Waals surface area contributed by atoms with Gasteiger partial charge in [-0.25, -0.2) is 13.9 Å². The van der Waals surface area contributed by atoms with Gasteiger partial charge in [-0.2, -0.15) is 5.10 Å². The Hall–Kier alpha value is -3.15. The van der Waals surface area contributed by atoms with E-state index in [1.807, 2.05) is 49.7 Å². The molecule has 5 nitrogen and oxygen atoms in total. The molecule has 0 saturated heterocycles. The van der Waals surface area contributed by atoms with Crippen molar-refractivity contribution in [2.45, 2.75) is 26.8 Å². The van der Waals surface area contributed by atoms with E-state index in [1.54, 1.807) is 18.3 Å². The van der Waals surface area contributed by atoms with Crippen LogP contribution in [-0.4, -0.2) is 15.8 Å². The molecule has 1 heterocycles. The third-order valence-corrected chi connectivity index (χ3v) is 4.33. The number of aromatic nitrogens is 2. The molecule has 0 aliphatic heterocycles. The lowest BCUT2D eigenvalue weighted by molar-refractivity contribution is 0.249. The summed E-state index contributed by atoms with van der Waals surface area (Å²) in [6, 6.07) is 13.3. The normalized spacial score (nSPS) is 11.8. The monoisotopic (exact) mass is 352 g/mol. The summed E-state index contributed by atoms with van der Waals surface area (Å²) in [5.41, 5.74) is 4.10. The zero-order chi connectivity index (χ0) is 18.7. The molecule has 0 radical (unpaired) electrons. The first-order valence-electron chi connectivity index (χ1n) is 8.40. The number of hydrogen-bond donors (Lipinski definition) is 2. The quantitative estimate of drug-likeness (QED) is 0.726. The second kappa shape index (κ2) is 7.39. The van der Waals surface area contributed by atoms with Gasteiger partial charge in [0.2, 0.25) is 0 Å². The SMILES string of the molecule is Cc1ccccc1-n1ncc([C@H](C)NC(=O)Nc2ccccc2F)c1C. The Kier molecular flexibility index (Phi) is 5.02. The molecule has 0 saturated carbocycles. The molecule has 2 N–H and O–H groups in total. The molecule has 134 valence electrons. The van der Waals surface area contributed by atoms with Crippen LogP contribution in [0.4, 0.5) is 14.9 Å². The van der Waals surface area contributed by atoms with E-state index in [1.165, 1.54) is 12.1 Å². The number of aryl methyl sites for hydroxylation is 1. The number of halogens is 1. The maximum atomic E-state index is 13.6. The molecule has 2 aromatic carbocycles. The number of rotatable bonds is 4. The van der Waals surface area contributed by atoms with Crippen molar-refractivity contribution in [2.75, 3.05) is 5.32 Å². The molecule has 3 aromatic rings. The highest BCUT2D eigenvalue weighted by Gasteiger charge is 2.17. The van der Waals surface area contributed by atoms with Crippen LogP contribution in [0.25, 0.3) is 5.69 Å². The van der Waals surface area contributed by atoms with Crippen molar-refractivity contribution in [3.8, 4) is 5.69 Å². The van der Waals surface area contributed by atoms with Crippen molar-refractivity contribution in [3.63, 3.8) is 0 Å². The van der Waals surface area contributed by atoms with Crippen LogP contribution >= 0.6 is 0 Å². The van der Waals surface area contributed by atoms with E-state index in [9.17, 15) is 9.18 Å². The van der Waals surface area contributed by atoms with Crippen LogP contribution < -0.4 is 10.6 Å². The van der Waals surface area contributed by atoms with E-state index < -0.39 is 11.8 Å². The number of carbonyl (C=O) groups is 1. The van der Waals surface area contributed by atoms with Crippen molar-refractivity contribution in [1.29, 1.82) is 0 Å². The van der Waals surface area contributed by atoms with Crippen LogP contribution in [0.5, 0.6) is 0 Å². The van der Waals surface area contributed by atoms with Crippen molar-refractivity contribution in [3.05, 3.63) is 77.4 Å². The Balaban J connectivity index is 1.75. The summed E-state index contributed by atoms with van der Waals surface area (Å²) in [5.74, 6) is -0.473. The highest BCUT2D eigenvalue weighted by molar-refractivity contribution is 5.89. The number of nitrogens with zero attached hydrogens (tertiary/aromatic N) is 2. The molecule has 0 unspecified atom stereocenters. The number of para-hydroxylation sites is 2. The highest BCUT2D eigenvalue weighted by Crippen LogP contribution is 2.22. The summed E-state index contributed by atoms with van der Waals surface area (Å²) in [6.07, 6.45) is 1.75. The zero-order valence-corrected chi connectivity index (χ0v) is 15.0. The number of nitrogens with one attached hydrogen (secondary N) is 2. The van der Waals surface area contributed by atoms with Crippen LogP contribution in [0.15, 0.2) is 54.7 Å². The number of anilines is 1. The molecular weight excluding hydrogens is 331 g/mol. The van der Waals surface area contributed by atoms with Gasteiger partial charge in [-0.05, 0) is 44.5 Å². The number of urea groups is 1. The first-order chi connectivity index (χ1) is 12.5. The molecule has 2 amide bonds. The summed E-state index contributed by atoms with van der Waals surface area (Å²) in [4.78, 5) is 12.2. The Labute approximate surface area is 151 Å². The van der Waals surface area contributed by atoms with Crippen LogP contribution in [-0.2, 0) is 0 Å². The van der Waals surface area contributed by atoms with Gasteiger partial charge in [-0.15, -0.1) is 0 Å². The second-order valence-electron chi connectivity index (χ2n) is 6.18. The maximum absolute atomic E-state index is 13.6. The van der Waals surface area contributed by atoms with Crippen LogP contribution in [0.1, 0.15) is 29.8 Å². The smallest absolute Gasteiger partial charge is 0.319 e. The fraction of sp³-hybridized carbons (Fsp3) is 0.200.